The molecule has 0 saturated heterocycles. The fourth-order valence-electron chi connectivity index (χ4n) is 2.23. The second-order valence-corrected chi connectivity index (χ2v) is 6.54. The number of primary amides is 1. The van der Waals surface area contributed by atoms with E-state index in [0.29, 0.717) is 11.2 Å². The summed E-state index contributed by atoms with van der Waals surface area (Å²) in [4.78, 5) is 30.7. The molecule has 1 unspecified atom stereocenters. The smallest absolute Gasteiger partial charge is 0.263 e. The van der Waals surface area contributed by atoms with E-state index in [1.807, 2.05) is 27.7 Å². The third-order valence-corrected chi connectivity index (χ3v) is 4.68. The Morgan fingerprint density at radius 1 is 1.30 bits per heavy atom. The van der Waals surface area contributed by atoms with Crippen LogP contribution < -0.4 is 11.3 Å². The lowest BCUT2D eigenvalue weighted by Crippen LogP contribution is -2.35. The fourth-order valence-corrected chi connectivity index (χ4v) is 3.26. The molecule has 2 heterocycles. The van der Waals surface area contributed by atoms with Crippen molar-refractivity contribution in [1.29, 1.82) is 0 Å². The number of amides is 1. The Morgan fingerprint density at radius 3 is 2.40 bits per heavy atom. The molecule has 5 nitrogen and oxygen atoms in total. The molecule has 1 amide bonds. The van der Waals surface area contributed by atoms with Crippen LogP contribution >= 0.6 is 11.3 Å². The van der Waals surface area contributed by atoms with E-state index in [9.17, 15) is 9.59 Å². The predicted molar refractivity (Wildman–Crippen MR) is 81.3 cm³/mol. The summed E-state index contributed by atoms with van der Waals surface area (Å²) in [5, 5.41) is 0.602. The van der Waals surface area contributed by atoms with Crippen LogP contribution in [0, 0.1) is 13.8 Å². The summed E-state index contributed by atoms with van der Waals surface area (Å²) in [7, 11) is 0. The number of thiophene rings is 1. The molecule has 2 aromatic heterocycles. The molecule has 2 N–H and O–H groups in total. The standard InChI is InChI=1S/C14H19N3O2S/c1-6(2)12-16-13-10(7(3)9(5)20-13)14(19)17(12)8(4)11(15)18/h6,8H,1-5H3,(H2,15,18). The van der Waals surface area contributed by atoms with Gasteiger partial charge in [-0.05, 0) is 26.3 Å². The fraction of sp³-hybridized carbons (Fsp3) is 0.500. The van der Waals surface area contributed by atoms with Crippen molar-refractivity contribution < 1.29 is 4.79 Å². The second-order valence-electron chi connectivity index (χ2n) is 5.34. The number of aromatic nitrogens is 2. The van der Waals surface area contributed by atoms with E-state index in [1.165, 1.54) is 15.9 Å². The summed E-state index contributed by atoms with van der Waals surface area (Å²) in [5.41, 5.74) is 6.13. The van der Waals surface area contributed by atoms with Crippen molar-refractivity contribution in [2.45, 2.75) is 46.6 Å². The average molecular weight is 293 g/mol. The van der Waals surface area contributed by atoms with Crippen LogP contribution in [0.15, 0.2) is 4.79 Å². The molecule has 1 atom stereocenters. The van der Waals surface area contributed by atoms with E-state index >= 15 is 0 Å². The van der Waals surface area contributed by atoms with E-state index in [4.69, 9.17) is 5.73 Å². The summed E-state index contributed by atoms with van der Waals surface area (Å²) in [6, 6.07) is -0.698. The van der Waals surface area contributed by atoms with Crippen molar-refractivity contribution in [3.8, 4) is 0 Å². The Morgan fingerprint density at radius 2 is 1.90 bits per heavy atom. The molecule has 0 aromatic carbocycles. The molecule has 2 aromatic rings. The maximum Gasteiger partial charge on any atom is 0.263 e. The van der Waals surface area contributed by atoms with Gasteiger partial charge in [-0.15, -0.1) is 11.3 Å². The molecule has 0 bridgehead atoms. The molecule has 0 fully saturated rings. The van der Waals surface area contributed by atoms with Crippen molar-refractivity contribution in [1.82, 2.24) is 9.55 Å². The van der Waals surface area contributed by atoms with Crippen molar-refractivity contribution in [3.05, 3.63) is 26.6 Å². The summed E-state index contributed by atoms with van der Waals surface area (Å²) in [5.74, 6) is 0.117. The zero-order valence-electron chi connectivity index (χ0n) is 12.4. The molecule has 0 spiro atoms. The molecule has 2 rings (SSSR count). The van der Waals surface area contributed by atoms with Crippen molar-refractivity contribution >= 4 is 27.5 Å². The minimum absolute atomic E-state index is 0.0385. The number of carbonyl (C=O) groups is 1. The van der Waals surface area contributed by atoms with Gasteiger partial charge < -0.3 is 5.73 Å². The van der Waals surface area contributed by atoms with E-state index in [0.717, 1.165) is 15.3 Å². The Kier molecular flexibility index (Phi) is 3.69. The van der Waals surface area contributed by atoms with Crippen LogP contribution in [0.5, 0.6) is 0 Å². The first-order valence-electron chi connectivity index (χ1n) is 6.57. The highest BCUT2D eigenvalue weighted by Crippen LogP contribution is 2.28. The molecular weight excluding hydrogens is 274 g/mol. The zero-order chi connectivity index (χ0) is 15.2. The summed E-state index contributed by atoms with van der Waals surface area (Å²) < 4.78 is 1.44. The van der Waals surface area contributed by atoms with Crippen LogP contribution in [0.25, 0.3) is 10.2 Å². The number of nitrogens with two attached hydrogens (primary N) is 1. The lowest BCUT2D eigenvalue weighted by Gasteiger charge is -2.18. The van der Waals surface area contributed by atoms with Gasteiger partial charge in [-0.25, -0.2) is 4.98 Å². The van der Waals surface area contributed by atoms with Gasteiger partial charge in [0, 0.05) is 10.8 Å². The van der Waals surface area contributed by atoms with Gasteiger partial charge in [-0.3, -0.25) is 14.2 Å². The van der Waals surface area contributed by atoms with Crippen molar-refractivity contribution in [2.24, 2.45) is 5.73 Å². The Balaban J connectivity index is 2.93. The van der Waals surface area contributed by atoms with Crippen LogP contribution in [-0.2, 0) is 4.79 Å². The van der Waals surface area contributed by atoms with E-state index in [2.05, 4.69) is 4.98 Å². The van der Waals surface area contributed by atoms with Gasteiger partial charge in [0.2, 0.25) is 5.91 Å². The maximum atomic E-state index is 12.8. The van der Waals surface area contributed by atoms with Gasteiger partial charge in [-0.2, -0.15) is 0 Å². The van der Waals surface area contributed by atoms with Crippen LogP contribution in [0.1, 0.15) is 49.0 Å². The van der Waals surface area contributed by atoms with E-state index in [1.54, 1.807) is 6.92 Å². The van der Waals surface area contributed by atoms with Gasteiger partial charge in [0.25, 0.3) is 5.56 Å². The molecule has 0 radical (unpaired) electrons. The summed E-state index contributed by atoms with van der Waals surface area (Å²) in [6.45, 7) is 9.41. The normalized spacial score (nSPS) is 13.1. The van der Waals surface area contributed by atoms with E-state index < -0.39 is 11.9 Å². The highest BCUT2D eigenvalue weighted by atomic mass is 32.1. The quantitative estimate of drug-likeness (QED) is 0.942. The van der Waals surface area contributed by atoms with Gasteiger partial charge in [0.05, 0.1) is 5.39 Å². The first kappa shape index (κ1) is 14.7. The number of hydrogen-bond donors (Lipinski definition) is 1. The monoisotopic (exact) mass is 293 g/mol. The van der Waals surface area contributed by atoms with E-state index in [-0.39, 0.29) is 11.5 Å². The highest BCUT2D eigenvalue weighted by Gasteiger charge is 2.23. The van der Waals surface area contributed by atoms with Gasteiger partial charge in [-0.1, -0.05) is 13.8 Å². The highest BCUT2D eigenvalue weighted by molar-refractivity contribution is 7.18. The molecule has 0 aliphatic rings. The van der Waals surface area contributed by atoms with Gasteiger partial charge in [0.15, 0.2) is 0 Å². The number of aryl methyl sites for hydroxylation is 2. The summed E-state index contributed by atoms with van der Waals surface area (Å²) >= 11 is 1.51. The first-order valence-corrected chi connectivity index (χ1v) is 7.38. The zero-order valence-corrected chi connectivity index (χ0v) is 13.2. The molecule has 0 aliphatic carbocycles. The lowest BCUT2D eigenvalue weighted by atomic mass is 10.1. The molecule has 6 heteroatoms. The van der Waals surface area contributed by atoms with Gasteiger partial charge >= 0.3 is 0 Å². The lowest BCUT2D eigenvalue weighted by molar-refractivity contribution is -0.120. The topological polar surface area (TPSA) is 78.0 Å². The third kappa shape index (κ3) is 2.14. The second kappa shape index (κ2) is 5.01. The average Bonchev–Trinajstić information content (AvgIpc) is 2.64. The molecule has 20 heavy (non-hydrogen) atoms. The van der Waals surface area contributed by atoms with Gasteiger partial charge in [0.1, 0.15) is 16.7 Å². The summed E-state index contributed by atoms with van der Waals surface area (Å²) in [6.07, 6.45) is 0. The third-order valence-electron chi connectivity index (χ3n) is 3.58. The Hall–Kier alpha value is -1.69. The molecular formula is C14H19N3O2S. The number of carbonyl (C=O) groups excluding carboxylic acids is 1. The molecule has 108 valence electrons. The Bertz CT molecular complexity index is 743. The Labute approximate surface area is 121 Å². The SMILES string of the molecule is Cc1sc2nc(C(C)C)n(C(C)C(N)=O)c(=O)c2c1C. The number of fused-ring (bicyclic) bond motifs is 1. The molecule has 0 saturated carbocycles. The largest absolute Gasteiger partial charge is 0.368 e. The van der Waals surface area contributed by atoms with Crippen molar-refractivity contribution in [2.75, 3.05) is 0 Å². The minimum atomic E-state index is -0.698. The first-order chi connectivity index (χ1) is 9.25. The number of nitrogens with zero attached hydrogens (tertiary/aromatic N) is 2. The number of hydrogen-bond acceptors (Lipinski definition) is 4. The minimum Gasteiger partial charge on any atom is -0.368 e. The van der Waals surface area contributed by atoms with Crippen molar-refractivity contribution in [3.63, 3.8) is 0 Å². The molecule has 0 aliphatic heterocycles. The number of rotatable bonds is 3. The van der Waals surface area contributed by atoms with Crippen LogP contribution in [-0.4, -0.2) is 15.5 Å². The maximum absolute atomic E-state index is 12.8. The predicted octanol–water partition coefficient (Wildman–Crippen LogP) is 2.24. The van der Waals surface area contributed by atoms with Crippen LogP contribution in [0.3, 0.4) is 0 Å². The van der Waals surface area contributed by atoms with Crippen LogP contribution in [0.2, 0.25) is 0 Å². The van der Waals surface area contributed by atoms with Crippen LogP contribution in [0.4, 0.5) is 0 Å².